The second-order valence-corrected chi connectivity index (χ2v) is 5.39. The van der Waals surface area contributed by atoms with Gasteiger partial charge in [-0.05, 0) is 34.3 Å². The first-order chi connectivity index (χ1) is 7.31. The van der Waals surface area contributed by atoms with Crippen LogP contribution in [0.4, 0.5) is 5.69 Å². The van der Waals surface area contributed by atoms with Crippen LogP contribution in [0.25, 0.3) is 0 Å². The molecule has 2 saturated heterocycles. The number of aromatic nitrogens is 1. The van der Waals surface area contributed by atoms with E-state index in [4.69, 9.17) is 0 Å². The van der Waals surface area contributed by atoms with Crippen LogP contribution in [-0.2, 0) is 0 Å². The maximum Gasteiger partial charge on any atom is 0.0564 e. The van der Waals surface area contributed by atoms with E-state index < -0.39 is 0 Å². The highest BCUT2D eigenvalue weighted by molar-refractivity contribution is 9.10. The summed E-state index contributed by atoms with van der Waals surface area (Å²) in [5, 5.41) is 3.56. The van der Waals surface area contributed by atoms with Crippen LogP contribution >= 0.6 is 15.9 Å². The molecule has 0 saturated carbocycles. The summed E-state index contributed by atoms with van der Waals surface area (Å²) in [5.74, 6) is 0.822. The number of pyridine rings is 1. The average molecular weight is 268 g/mol. The number of halogens is 1. The molecule has 2 bridgehead atoms. The molecule has 0 aromatic carbocycles. The minimum absolute atomic E-state index is 0.683. The summed E-state index contributed by atoms with van der Waals surface area (Å²) in [6.07, 6.45) is 5.13. The molecule has 3 rings (SSSR count). The number of nitrogens with zero attached hydrogens (tertiary/aromatic N) is 2. The Hall–Kier alpha value is -0.610. The molecule has 2 fully saturated rings. The van der Waals surface area contributed by atoms with Gasteiger partial charge in [0.1, 0.15) is 0 Å². The van der Waals surface area contributed by atoms with Gasteiger partial charge >= 0.3 is 0 Å². The third kappa shape index (κ3) is 1.88. The standard InChI is InChI=1S/C11H14BrN3/c12-9-2-11(5-13-4-9)15-6-8-1-10(7-15)14-3-8/h2,4-5,8,10,14H,1,3,6-7H2. The van der Waals surface area contributed by atoms with Crippen LogP contribution in [-0.4, -0.2) is 30.7 Å². The van der Waals surface area contributed by atoms with Crippen LogP contribution in [0.2, 0.25) is 0 Å². The topological polar surface area (TPSA) is 28.2 Å². The normalized spacial score (nSPS) is 29.5. The molecule has 0 spiro atoms. The minimum atomic E-state index is 0.683. The second-order valence-electron chi connectivity index (χ2n) is 4.47. The van der Waals surface area contributed by atoms with Gasteiger partial charge in [0.25, 0.3) is 0 Å². The van der Waals surface area contributed by atoms with Gasteiger partial charge in [-0.2, -0.15) is 0 Å². The van der Waals surface area contributed by atoms with Gasteiger partial charge in [0.05, 0.1) is 11.9 Å². The van der Waals surface area contributed by atoms with Crippen LogP contribution in [0.1, 0.15) is 6.42 Å². The fraction of sp³-hybridized carbons (Fsp3) is 0.545. The monoisotopic (exact) mass is 267 g/mol. The van der Waals surface area contributed by atoms with Crippen molar-refractivity contribution in [2.75, 3.05) is 24.5 Å². The Balaban J connectivity index is 1.83. The van der Waals surface area contributed by atoms with E-state index in [0.717, 1.165) is 16.9 Å². The average Bonchev–Trinajstić information content (AvgIpc) is 2.58. The van der Waals surface area contributed by atoms with E-state index in [1.807, 2.05) is 12.4 Å². The summed E-state index contributed by atoms with van der Waals surface area (Å²) in [7, 11) is 0. The molecule has 0 amide bonds. The third-order valence-corrected chi connectivity index (χ3v) is 3.72. The summed E-state index contributed by atoms with van der Waals surface area (Å²) in [6.45, 7) is 3.47. The molecule has 3 nitrogen and oxygen atoms in total. The molecule has 1 aromatic heterocycles. The van der Waals surface area contributed by atoms with Crippen molar-refractivity contribution in [2.24, 2.45) is 5.92 Å². The van der Waals surface area contributed by atoms with Gasteiger partial charge in [-0.25, -0.2) is 0 Å². The third-order valence-electron chi connectivity index (χ3n) is 3.29. The lowest BCUT2D eigenvalue weighted by Gasteiger charge is -2.32. The zero-order valence-corrected chi connectivity index (χ0v) is 10.1. The SMILES string of the molecule is Brc1cncc(N2CC3CNC(C3)C2)c1. The number of fused-ring (bicyclic) bond motifs is 2. The molecule has 1 N–H and O–H groups in total. The molecule has 1 aromatic rings. The summed E-state index contributed by atoms with van der Waals surface area (Å²) in [5.41, 5.74) is 1.24. The lowest BCUT2D eigenvalue weighted by molar-refractivity contribution is 0.474. The van der Waals surface area contributed by atoms with E-state index in [1.165, 1.54) is 25.2 Å². The van der Waals surface area contributed by atoms with Crippen LogP contribution in [0, 0.1) is 5.92 Å². The largest absolute Gasteiger partial charge is 0.368 e. The Kier molecular flexibility index (Phi) is 2.41. The predicted octanol–water partition coefficient (Wildman–Crippen LogP) is 1.64. The Morgan fingerprint density at radius 1 is 1.40 bits per heavy atom. The van der Waals surface area contributed by atoms with Crippen molar-refractivity contribution in [3.8, 4) is 0 Å². The van der Waals surface area contributed by atoms with Crippen molar-refractivity contribution >= 4 is 21.6 Å². The summed E-state index contributed by atoms with van der Waals surface area (Å²) in [4.78, 5) is 6.66. The number of nitrogens with one attached hydrogen (secondary N) is 1. The van der Waals surface area contributed by atoms with E-state index in [9.17, 15) is 0 Å². The van der Waals surface area contributed by atoms with Crippen molar-refractivity contribution in [3.63, 3.8) is 0 Å². The molecule has 3 heterocycles. The lowest BCUT2D eigenvalue weighted by atomic mass is 10.00. The van der Waals surface area contributed by atoms with E-state index >= 15 is 0 Å². The van der Waals surface area contributed by atoms with Crippen molar-refractivity contribution < 1.29 is 0 Å². The lowest BCUT2D eigenvalue weighted by Crippen LogP contribution is -2.41. The van der Waals surface area contributed by atoms with Crippen molar-refractivity contribution in [1.82, 2.24) is 10.3 Å². The Morgan fingerprint density at radius 3 is 3.13 bits per heavy atom. The maximum absolute atomic E-state index is 4.22. The summed E-state index contributed by atoms with van der Waals surface area (Å²) < 4.78 is 1.06. The van der Waals surface area contributed by atoms with Gasteiger partial charge in [-0.1, -0.05) is 0 Å². The zero-order chi connectivity index (χ0) is 10.3. The molecule has 0 radical (unpaired) electrons. The van der Waals surface area contributed by atoms with Crippen LogP contribution in [0.15, 0.2) is 22.9 Å². The van der Waals surface area contributed by atoms with Gasteiger partial charge < -0.3 is 10.2 Å². The number of piperidine rings is 1. The molecule has 2 atom stereocenters. The van der Waals surface area contributed by atoms with Crippen LogP contribution < -0.4 is 10.2 Å². The van der Waals surface area contributed by atoms with Gasteiger partial charge in [-0.15, -0.1) is 0 Å². The Labute approximate surface area is 98.0 Å². The zero-order valence-electron chi connectivity index (χ0n) is 8.49. The number of anilines is 1. The maximum atomic E-state index is 4.22. The smallest absolute Gasteiger partial charge is 0.0564 e. The number of hydrogen-bond donors (Lipinski definition) is 1. The molecule has 2 unspecified atom stereocenters. The van der Waals surface area contributed by atoms with Crippen molar-refractivity contribution in [3.05, 3.63) is 22.9 Å². The van der Waals surface area contributed by atoms with Crippen LogP contribution in [0.5, 0.6) is 0 Å². The molecular formula is C11H14BrN3. The molecule has 0 aliphatic carbocycles. The summed E-state index contributed by atoms with van der Waals surface area (Å²) >= 11 is 3.47. The first-order valence-corrected chi connectivity index (χ1v) is 6.19. The fourth-order valence-corrected chi connectivity index (χ4v) is 2.97. The molecular weight excluding hydrogens is 254 g/mol. The van der Waals surface area contributed by atoms with E-state index in [1.54, 1.807) is 0 Å². The highest BCUT2D eigenvalue weighted by Gasteiger charge is 2.32. The fourth-order valence-electron chi connectivity index (χ4n) is 2.62. The van der Waals surface area contributed by atoms with Crippen LogP contribution in [0.3, 0.4) is 0 Å². The molecule has 2 aliphatic heterocycles. The number of hydrogen-bond acceptors (Lipinski definition) is 3. The van der Waals surface area contributed by atoms with Gasteiger partial charge in [-0.3, -0.25) is 4.98 Å². The van der Waals surface area contributed by atoms with Gasteiger partial charge in [0.15, 0.2) is 0 Å². The highest BCUT2D eigenvalue weighted by atomic mass is 79.9. The van der Waals surface area contributed by atoms with Gasteiger partial charge in [0, 0.05) is 36.3 Å². The molecule has 15 heavy (non-hydrogen) atoms. The van der Waals surface area contributed by atoms with E-state index in [2.05, 4.69) is 37.2 Å². The van der Waals surface area contributed by atoms with E-state index in [0.29, 0.717) is 6.04 Å². The first-order valence-electron chi connectivity index (χ1n) is 5.40. The Bertz CT molecular complexity index is 357. The summed E-state index contributed by atoms with van der Waals surface area (Å²) in [6, 6.07) is 2.83. The van der Waals surface area contributed by atoms with E-state index in [-0.39, 0.29) is 0 Å². The van der Waals surface area contributed by atoms with Crippen molar-refractivity contribution in [2.45, 2.75) is 12.5 Å². The Morgan fingerprint density at radius 2 is 2.33 bits per heavy atom. The minimum Gasteiger partial charge on any atom is -0.368 e. The van der Waals surface area contributed by atoms with Gasteiger partial charge in [0.2, 0.25) is 0 Å². The predicted molar refractivity (Wildman–Crippen MR) is 64.0 cm³/mol. The molecule has 2 aliphatic rings. The second kappa shape index (κ2) is 3.76. The quantitative estimate of drug-likeness (QED) is 0.839. The molecule has 4 heteroatoms. The highest BCUT2D eigenvalue weighted by Crippen LogP contribution is 2.27. The van der Waals surface area contributed by atoms with Crippen molar-refractivity contribution in [1.29, 1.82) is 0 Å². The molecule has 80 valence electrons. The number of rotatable bonds is 1. The first kappa shape index (κ1) is 9.60.